The molecule has 0 aromatic rings. The van der Waals surface area contributed by atoms with Crippen molar-refractivity contribution in [1.29, 1.82) is 0 Å². The van der Waals surface area contributed by atoms with Crippen LogP contribution >= 0.6 is 11.8 Å². The minimum Gasteiger partial charge on any atom is -0.370 e. The van der Waals surface area contributed by atoms with Gasteiger partial charge in [-0.05, 0) is 46.1 Å². The molecule has 0 aliphatic rings. The predicted octanol–water partition coefficient (Wildman–Crippen LogP) is 1.83. The van der Waals surface area contributed by atoms with E-state index in [4.69, 9.17) is 5.73 Å². The molecule has 0 aromatic heterocycles. The van der Waals surface area contributed by atoms with Crippen LogP contribution in [0.5, 0.6) is 0 Å². The van der Waals surface area contributed by atoms with E-state index in [2.05, 4.69) is 44.3 Å². The third kappa shape index (κ3) is 8.23. The average Bonchev–Trinajstić information content (AvgIpc) is 1.96. The van der Waals surface area contributed by atoms with E-state index in [0.29, 0.717) is 12.0 Å². The van der Waals surface area contributed by atoms with Gasteiger partial charge < -0.3 is 11.1 Å². The van der Waals surface area contributed by atoms with Crippen molar-refractivity contribution in [3.05, 3.63) is 0 Å². The second kappa shape index (κ2) is 6.17. The molecule has 0 aromatic carbocycles. The topological polar surface area (TPSA) is 50.4 Å². The molecule has 3 N–H and O–H groups in total. The van der Waals surface area contributed by atoms with Crippen molar-refractivity contribution >= 4 is 17.7 Å². The maximum absolute atomic E-state index is 5.76. The normalized spacial score (nSPS) is 15.4. The first kappa shape index (κ1) is 13.6. The van der Waals surface area contributed by atoms with Gasteiger partial charge in [0.15, 0.2) is 5.96 Å². The van der Waals surface area contributed by atoms with Crippen LogP contribution in [0.4, 0.5) is 0 Å². The third-order valence-electron chi connectivity index (χ3n) is 1.60. The van der Waals surface area contributed by atoms with E-state index < -0.39 is 0 Å². The van der Waals surface area contributed by atoms with E-state index in [1.165, 1.54) is 0 Å². The molecule has 3 nitrogen and oxygen atoms in total. The van der Waals surface area contributed by atoms with Gasteiger partial charge in [-0.1, -0.05) is 0 Å². The number of hydrogen-bond donors (Lipinski definition) is 2. The lowest BCUT2D eigenvalue weighted by Gasteiger charge is -2.21. The molecule has 0 spiro atoms. The SMILES string of the molecule is CSCCC(C)N=C(N)NC(C)(C)C. The van der Waals surface area contributed by atoms with Crippen molar-refractivity contribution in [3.63, 3.8) is 0 Å². The van der Waals surface area contributed by atoms with E-state index in [9.17, 15) is 0 Å². The minimum absolute atomic E-state index is 0.00713. The first-order valence-electron chi connectivity index (χ1n) is 4.95. The first-order valence-corrected chi connectivity index (χ1v) is 6.35. The third-order valence-corrected chi connectivity index (χ3v) is 2.25. The summed E-state index contributed by atoms with van der Waals surface area (Å²) in [6.45, 7) is 8.30. The highest BCUT2D eigenvalue weighted by Crippen LogP contribution is 2.03. The van der Waals surface area contributed by atoms with Gasteiger partial charge >= 0.3 is 0 Å². The summed E-state index contributed by atoms with van der Waals surface area (Å²) >= 11 is 1.84. The molecule has 0 radical (unpaired) electrons. The lowest BCUT2D eigenvalue weighted by Crippen LogP contribution is -2.45. The summed E-state index contributed by atoms with van der Waals surface area (Å²) in [5.41, 5.74) is 5.76. The summed E-state index contributed by atoms with van der Waals surface area (Å²) in [5, 5.41) is 3.15. The van der Waals surface area contributed by atoms with Gasteiger partial charge in [-0.3, -0.25) is 4.99 Å². The van der Waals surface area contributed by atoms with Crippen LogP contribution < -0.4 is 11.1 Å². The zero-order chi connectivity index (χ0) is 11.2. The van der Waals surface area contributed by atoms with Gasteiger partial charge in [-0.2, -0.15) is 11.8 Å². The summed E-state index contributed by atoms with van der Waals surface area (Å²) < 4.78 is 0. The van der Waals surface area contributed by atoms with Crippen LogP contribution in [0.1, 0.15) is 34.1 Å². The second-order valence-corrected chi connectivity index (χ2v) is 5.51. The van der Waals surface area contributed by atoms with Crippen molar-refractivity contribution in [2.45, 2.75) is 45.7 Å². The highest BCUT2D eigenvalue weighted by molar-refractivity contribution is 7.98. The fraction of sp³-hybridized carbons (Fsp3) is 0.900. The van der Waals surface area contributed by atoms with Crippen molar-refractivity contribution < 1.29 is 0 Å². The fourth-order valence-corrected chi connectivity index (χ4v) is 1.58. The smallest absolute Gasteiger partial charge is 0.189 e. The molecule has 84 valence electrons. The van der Waals surface area contributed by atoms with Crippen LogP contribution in [0.2, 0.25) is 0 Å². The maximum Gasteiger partial charge on any atom is 0.189 e. The monoisotopic (exact) mass is 217 g/mol. The average molecular weight is 217 g/mol. The van der Waals surface area contributed by atoms with E-state index >= 15 is 0 Å². The van der Waals surface area contributed by atoms with Gasteiger partial charge in [-0.25, -0.2) is 0 Å². The number of rotatable bonds is 4. The van der Waals surface area contributed by atoms with E-state index in [0.717, 1.165) is 12.2 Å². The first-order chi connectivity index (χ1) is 6.35. The molecule has 0 fully saturated rings. The van der Waals surface area contributed by atoms with Gasteiger partial charge in [0.2, 0.25) is 0 Å². The molecule has 1 atom stereocenters. The molecule has 0 rings (SSSR count). The molecule has 0 bridgehead atoms. The lowest BCUT2D eigenvalue weighted by molar-refractivity contribution is 0.506. The van der Waals surface area contributed by atoms with Crippen LogP contribution in [0.3, 0.4) is 0 Å². The Kier molecular flexibility index (Phi) is 6.00. The number of guanidine groups is 1. The second-order valence-electron chi connectivity index (χ2n) is 4.52. The van der Waals surface area contributed by atoms with Crippen molar-refractivity contribution in [2.24, 2.45) is 10.7 Å². The predicted molar refractivity (Wildman–Crippen MR) is 67.0 cm³/mol. The Bertz CT molecular complexity index is 184. The fourth-order valence-electron chi connectivity index (χ4n) is 1.01. The van der Waals surface area contributed by atoms with Crippen molar-refractivity contribution in [3.8, 4) is 0 Å². The van der Waals surface area contributed by atoms with Crippen LogP contribution in [0, 0.1) is 0 Å². The molecule has 1 unspecified atom stereocenters. The molecule has 0 saturated heterocycles. The summed E-state index contributed by atoms with van der Waals surface area (Å²) in [4.78, 5) is 4.37. The Morgan fingerprint density at radius 3 is 2.50 bits per heavy atom. The summed E-state index contributed by atoms with van der Waals surface area (Å²) in [6.07, 6.45) is 3.18. The van der Waals surface area contributed by atoms with Gasteiger partial charge in [0.1, 0.15) is 0 Å². The van der Waals surface area contributed by atoms with Crippen molar-refractivity contribution in [2.75, 3.05) is 12.0 Å². The molecule has 0 amide bonds. The maximum atomic E-state index is 5.76. The molecule has 0 aliphatic heterocycles. The Hall–Kier alpha value is -0.380. The molecular weight excluding hydrogens is 194 g/mol. The number of nitrogens with zero attached hydrogens (tertiary/aromatic N) is 1. The van der Waals surface area contributed by atoms with Crippen LogP contribution in [0.25, 0.3) is 0 Å². The zero-order valence-electron chi connectivity index (χ0n) is 9.92. The van der Waals surface area contributed by atoms with E-state index in [1.54, 1.807) is 0 Å². The Morgan fingerprint density at radius 2 is 2.07 bits per heavy atom. The highest BCUT2D eigenvalue weighted by atomic mass is 32.2. The quantitative estimate of drug-likeness (QED) is 0.558. The summed E-state index contributed by atoms with van der Waals surface area (Å²) in [5.74, 6) is 1.68. The zero-order valence-corrected chi connectivity index (χ0v) is 10.7. The number of thioether (sulfide) groups is 1. The number of nitrogens with one attached hydrogen (secondary N) is 1. The van der Waals surface area contributed by atoms with E-state index in [-0.39, 0.29) is 5.54 Å². The van der Waals surface area contributed by atoms with Crippen LogP contribution in [-0.2, 0) is 0 Å². The van der Waals surface area contributed by atoms with Crippen LogP contribution in [0.15, 0.2) is 4.99 Å². The van der Waals surface area contributed by atoms with Gasteiger partial charge in [0.05, 0.1) is 6.04 Å². The summed E-state index contributed by atoms with van der Waals surface area (Å²) in [7, 11) is 0. The lowest BCUT2D eigenvalue weighted by atomic mass is 10.1. The number of aliphatic imine (C=N–C) groups is 1. The van der Waals surface area contributed by atoms with E-state index in [1.807, 2.05) is 11.8 Å². The molecule has 4 heteroatoms. The molecule has 0 saturated carbocycles. The van der Waals surface area contributed by atoms with Crippen molar-refractivity contribution in [1.82, 2.24) is 5.32 Å². The van der Waals surface area contributed by atoms with Gasteiger partial charge in [-0.15, -0.1) is 0 Å². The Balaban J connectivity index is 3.96. The number of hydrogen-bond acceptors (Lipinski definition) is 2. The highest BCUT2D eigenvalue weighted by Gasteiger charge is 2.10. The molecule has 0 heterocycles. The molecular formula is C10H23N3S. The van der Waals surface area contributed by atoms with Crippen LogP contribution in [-0.4, -0.2) is 29.5 Å². The Morgan fingerprint density at radius 1 is 1.50 bits per heavy atom. The standard InChI is InChI=1S/C10H23N3S/c1-8(6-7-14-5)12-9(11)13-10(2,3)4/h8H,6-7H2,1-5H3,(H3,11,12,13). The van der Waals surface area contributed by atoms with Gasteiger partial charge in [0, 0.05) is 5.54 Å². The van der Waals surface area contributed by atoms with Gasteiger partial charge in [0.25, 0.3) is 0 Å². The number of nitrogens with two attached hydrogens (primary N) is 1. The summed E-state index contributed by atoms with van der Waals surface area (Å²) in [6, 6.07) is 0.303. The minimum atomic E-state index is -0.00713. The Labute approximate surface area is 91.9 Å². The largest absolute Gasteiger partial charge is 0.370 e. The molecule has 0 aliphatic carbocycles. The molecule has 14 heavy (non-hydrogen) atoms.